The van der Waals surface area contributed by atoms with Crippen LogP contribution in [-0.4, -0.2) is 5.78 Å². The second-order valence-electron chi connectivity index (χ2n) is 3.64. The molecule has 62 valence electrons. The fraction of sp³-hybridized carbons (Fsp3) is 0.700. The summed E-state index contributed by atoms with van der Waals surface area (Å²) in [6.45, 7) is 5.75. The SMILES string of the molecule is C=C(C)CCC(=O)CC1CC1. The predicted octanol–water partition coefficient (Wildman–Crippen LogP) is 2.71. The van der Waals surface area contributed by atoms with E-state index >= 15 is 0 Å². The van der Waals surface area contributed by atoms with Crippen LogP contribution in [0.25, 0.3) is 0 Å². The Bertz CT molecular complexity index is 166. The van der Waals surface area contributed by atoms with Gasteiger partial charge in [-0.05, 0) is 32.1 Å². The Morgan fingerprint density at radius 1 is 1.45 bits per heavy atom. The van der Waals surface area contributed by atoms with Crippen LogP contribution < -0.4 is 0 Å². The number of hydrogen-bond acceptors (Lipinski definition) is 1. The van der Waals surface area contributed by atoms with E-state index in [4.69, 9.17) is 0 Å². The number of ketones is 1. The average molecular weight is 152 g/mol. The van der Waals surface area contributed by atoms with Crippen LogP contribution in [0.5, 0.6) is 0 Å². The van der Waals surface area contributed by atoms with Gasteiger partial charge in [-0.1, -0.05) is 5.57 Å². The zero-order chi connectivity index (χ0) is 8.27. The lowest BCUT2D eigenvalue weighted by Gasteiger charge is -1.97. The summed E-state index contributed by atoms with van der Waals surface area (Å²) < 4.78 is 0. The topological polar surface area (TPSA) is 17.1 Å². The molecule has 0 amide bonds. The van der Waals surface area contributed by atoms with Crippen molar-refractivity contribution in [2.45, 2.75) is 39.0 Å². The molecule has 1 fully saturated rings. The molecule has 0 heterocycles. The van der Waals surface area contributed by atoms with Crippen molar-refractivity contribution in [2.24, 2.45) is 5.92 Å². The summed E-state index contributed by atoms with van der Waals surface area (Å²) in [6.07, 6.45) is 4.97. The van der Waals surface area contributed by atoms with Gasteiger partial charge in [0, 0.05) is 12.8 Å². The van der Waals surface area contributed by atoms with E-state index in [1.54, 1.807) is 0 Å². The molecule has 11 heavy (non-hydrogen) atoms. The first-order valence-electron chi connectivity index (χ1n) is 4.34. The van der Waals surface area contributed by atoms with E-state index in [-0.39, 0.29) is 0 Å². The molecule has 0 spiro atoms. The van der Waals surface area contributed by atoms with Gasteiger partial charge < -0.3 is 0 Å². The van der Waals surface area contributed by atoms with Crippen LogP contribution in [0.1, 0.15) is 39.0 Å². The van der Waals surface area contributed by atoms with Crippen LogP contribution in [0.3, 0.4) is 0 Å². The zero-order valence-corrected chi connectivity index (χ0v) is 7.23. The van der Waals surface area contributed by atoms with Gasteiger partial charge >= 0.3 is 0 Å². The van der Waals surface area contributed by atoms with Crippen molar-refractivity contribution >= 4 is 5.78 Å². The molecule has 0 bridgehead atoms. The van der Waals surface area contributed by atoms with Crippen LogP contribution in [-0.2, 0) is 4.79 Å². The van der Waals surface area contributed by atoms with Crippen molar-refractivity contribution in [3.63, 3.8) is 0 Å². The predicted molar refractivity (Wildman–Crippen MR) is 46.4 cm³/mol. The van der Waals surface area contributed by atoms with E-state index in [0.717, 1.165) is 24.3 Å². The van der Waals surface area contributed by atoms with E-state index < -0.39 is 0 Å². The number of rotatable bonds is 5. The molecule has 1 saturated carbocycles. The van der Waals surface area contributed by atoms with Crippen molar-refractivity contribution in [3.05, 3.63) is 12.2 Å². The molecule has 0 saturated heterocycles. The lowest BCUT2D eigenvalue weighted by Crippen LogP contribution is -1.98. The fourth-order valence-corrected chi connectivity index (χ4v) is 1.10. The smallest absolute Gasteiger partial charge is 0.133 e. The Hall–Kier alpha value is -0.590. The van der Waals surface area contributed by atoms with E-state index in [1.165, 1.54) is 12.8 Å². The highest BCUT2D eigenvalue weighted by molar-refractivity contribution is 5.79. The fourth-order valence-electron chi connectivity index (χ4n) is 1.10. The summed E-state index contributed by atoms with van der Waals surface area (Å²) in [4.78, 5) is 11.2. The van der Waals surface area contributed by atoms with Gasteiger partial charge in [-0.15, -0.1) is 6.58 Å². The monoisotopic (exact) mass is 152 g/mol. The standard InChI is InChI=1S/C10H16O/c1-8(2)3-6-10(11)7-9-4-5-9/h9H,1,3-7H2,2H3. The van der Waals surface area contributed by atoms with Crippen LogP contribution >= 0.6 is 0 Å². The molecule has 1 aliphatic carbocycles. The van der Waals surface area contributed by atoms with Crippen molar-refractivity contribution in [2.75, 3.05) is 0 Å². The molecule has 0 atom stereocenters. The number of Topliss-reactive ketones (excluding diaryl/α,β-unsaturated/α-hetero) is 1. The van der Waals surface area contributed by atoms with Gasteiger partial charge in [0.25, 0.3) is 0 Å². The summed E-state index contributed by atoms with van der Waals surface area (Å²) in [7, 11) is 0. The van der Waals surface area contributed by atoms with Crippen LogP contribution in [0.2, 0.25) is 0 Å². The van der Waals surface area contributed by atoms with E-state index in [0.29, 0.717) is 12.2 Å². The maximum Gasteiger partial charge on any atom is 0.133 e. The summed E-state index contributed by atoms with van der Waals surface area (Å²) in [5.74, 6) is 1.17. The van der Waals surface area contributed by atoms with E-state index in [2.05, 4.69) is 6.58 Å². The number of hydrogen-bond donors (Lipinski definition) is 0. The summed E-state index contributed by atoms with van der Waals surface area (Å²) >= 11 is 0. The van der Waals surface area contributed by atoms with Gasteiger partial charge in [0.15, 0.2) is 0 Å². The van der Waals surface area contributed by atoms with Gasteiger partial charge in [0.05, 0.1) is 0 Å². The lowest BCUT2D eigenvalue weighted by molar-refractivity contribution is -0.119. The van der Waals surface area contributed by atoms with Crippen LogP contribution in [0.15, 0.2) is 12.2 Å². The third kappa shape index (κ3) is 3.97. The Kier molecular flexibility index (Phi) is 2.86. The maximum absolute atomic E-state index is 11.2. The average Bonchev–Trinajstić information content (AvgIpc) is 2.67. The molecule has 0 N–H and O–H groups in total. The second-order valence-corrected chi connectivity index (χ2v) is 3.64. The molecule has 0 aromatic heterocycles. The van der Waals surface area contributed by atoms with E-state index in [1.807, 2.05) is 6.92 Å². The van der Waals surface area contributed by atoms with Crippen LogP contribution in [0, 0.1) is 5.92 Å². The molecule has 1 nitrogen and oxygen atoms in total. The van der Waals surface area contributed by atoms with Crippen molar-refractivity contribution in [1.29, 1.82) is 0 Å². The van der Waals surface area contributed by atoms with Gasteiger partial charge in [-0.25, -0.2) is 0 Å². The Labute approximate surface area is 68.5 Å². The highest BCUT2D eigenvalue weighted by Crippen LogP contribution is 2.33. The largest absolute Gasteiger partial charge is 0.300 e. The first-order valence-corrected chi connectivity index (χ1v) is 4.34. The van der Waals surface area contributed by atoms with Crippen molar-refractivity contribution < 1.29 is 4.79 Å². The molecule has 1 aliphatic rings. The molecule has 0 aromatic rings. The van der Waals surface area contributed by atoms with Crippen LogP contribution in [0.4, 0.5) is 0 Å². The van der Waals surface area contributed by atoms with E-state index in [9.17, 15) is 4.79 Å². The normalized spacial score (nSPS) is 16.5. The molecule has 0 unspecified atom stereocenters. The third-order valence-electron chi connectivity index (χ3n) is 2.04. The molecule has 1 heteroatoms. The summed E-state index contributed by atoms with van der Waals surface area (Å²) in [5.41, 5.74) is 1.12. The maximum atomic E-state index is 11.2. The quantitative estimate of drug-likeness (QED) is 0.553. The minimum atomic E-state index is 0.426. The molecule has 0 aliphatic heterocycles. The summed E-state index contributed by atoms with van der Waals surface area (Å²) in [5, 5.41) is 0. The van der Waals surface area contributed by atoms with Gasteiger partial charge in [0.2, 0.25) is 0 Å². The lowest BCUT2D eigenvalue weighted by atomic mass is 10.1. The Morgan fingerprint density at radius 3 is 2.55 bits per heavy atom. The highest BCUT2D eigenvalue weighted by Gasteiger charge is 2.23. The molecular formula is C10H16O. The molecular weight excluding hydrogens is 136 g/mol. The summed E-state index contributed by atoms with van der Waals surface area (Å²) in [6, 6.07) is 0. The third-order valence-corrected chi connectivity index (χ3v) is 2.04. The van der Waals surface area contributed by atoms with Crippen molar-refractivity contribution in [3.8, 4) is 0 Å². The first kappa shape index (κ1) is 8.51. The highest BCUT2D eigenvalue weighted by atomic mass is 16.1. The molecule has 1 rings (SSSR count). The Balaban J connectivity index is 2.04. The number of carbonyl (C=O) groups is 1. The minimum Gasteiger partial charge on any atom is -0.300 e. The van der Waals surface area contributed by atoms with Gasteiger partial charge in [-0.3, -0.25) is 4.79 Å². The second kappa shape index (κ2) is 3.70. The first-order chi connectivity index (χ1) is 5.18. The number of allylic oxidation sites excluding steroid dienone is 1. The minimum absolute atomic E-state index is 0.426. The zero-order valence-electron chi connectivity index (χ0n) is 7.23. The van der Waals surface area contributed by atoms with Crippen molar-refractivity contribution in [1.82, 2.24) is 0 Å². The Morgan fingerprint density at radius 2 is 2.09 bits per heavy atom. The molecule has 0 radical (unpaired) electrons. The van der Waals surface area contributed by atoms with Gasteiger partial charge in [0.1, 0.15) is 5.78 Å². The number of carbonyl (C=O) groups excluding carboxylic acids is 1. The molecule has 0 aromatic carbocycles. The van der Waals surface area contributed by atoms with Gasteiger partial charge in [-0.2, -0.15) is 0 Å².